The van der Waals surface area contributed by atoms with Crippen LogP contribution in [0, 0.1) is 5.92 Å². The Morgan fingerprint density at radius 3 is 2.72 bits per heavy atom. The van der Waals surface area contributed by atoms with Crippen LogP contribution in [0.3, 0.4) is 0 Å². The summed E-state index contributed by atoms with van der Waals surface area (Å²) in [5, 5.41) is 13.2. The molecule has 3 unspecified atom stereocenters. The standard InChI is InChI=1S/C14H26N2O2/c1-10(2)15-12-6-4-8-16(14(12)18)9-11-5-3-7-13(11)17/h10-13,15,17H,3-9H2,1-2H3. The van der Waals surface area contributed by atoms with Crippen LogP contribution in [-0.2, 0) is 4.79 Å². The van der Waals surface area contributed by atoms with Crippen molar-refractivity contribution in [3.8, 4) is 0 Å². The van der Waals surface area contributed by atoms with Crippen molar-refractivity contribution in [2.24, 2.45) is 5.92 Å². The second-order valence-corrected chi connectivity index (χ2v) is 6.06. The van der Waals surface area contributed by atoms with Crippen molar-refractivity contribution in [1.82, 2.24) is 10.2 Å². The van der Waals surface area contributed by atoms with E-state index in [1.807, 2.05) is 4.90 Å². The van der Waals surface area contributed by atoms with Gasteiger partial charge in [-0.3, -0.25) is 4.79 Å². The Hall–Kier alpha value is -0.610. The van der Waals surface area contributed by atoms with Crippen LogP contribution in [0.2, 0.25) is 0 Å². The Morgan fingerprint density at radius 1 is 1.33 bits per heavy atom. The summed E-state index contributed by atoms with van der Waals surface area (Å²) in [6.45, 7) is 5.76. The van der Waals surface area contributed by atoms with Gasteiger partial charge in [-0.1, -0.05) is 20.3 Å². The molecule has 0 bridgehead atoms. The maximum atomic E-state index is 12.3. The highest BCUT2D eigenvalue weighted by Gasteiger charge is 2.33. The highest BCUT2D eigenvalue weighted by Crippen LogP contribution is 2.27. The van der Waals surface area contributed by atoms with Gasteiger partial charge in [-0.05, 0) is 25.7 Å². The highest BCUT2D eigenvalue weighted by atomic mass is 16.3. The predicted octanol–water partition coefficient (Wildman–Crippen LogP) is 1.14. The van der Waals surface area contributed by atoms with Crippen molar-refractivity contribution >= 4 is 5.91 Å². The second kappa shape index (κ2) is 6.02. The van der Waals surface area contributed by atoms with Gasteiger partial charge in [0.2, 0.25) is 5.91 Å². The maximum Gasteiger partial charge on any atom is 0.239 e. The van der Waals surface area contributed by atoms with Gasteiger partial charge < -0.3 is 15.3 Å². The lowest BCUT2D eigenvalue weighted by atomic mass is 10.00. The van der Waals surface area contributed by atoms with Crippen molar-refractivity contribution < 1.29 is 9.90 Å². The number of piperidine rings is 1. The van der Waals surface area contributed by atoms with Crippen LogP contribution in [-0.4, -0.2) is 47.2 Å². The van der Waals surface area contributed by atoms with E-state index in [4.69, 9.17) is 0 Å². The van der Waals surface area contributed by atoms with E-state index in [2.05, 4.69) is 19.2 Å². The molecule has 1 saturated heterocycles. The first-order chi connectivity index (χ1) is 8.58. The van der Waals surface area contributed by atoms with E-state index in [0.29, 0.717) is 12.0 Å². The first-order valence-electron chi connectivity index (χ1n) is 7.31. The summed E-state index contributed by atoms with van der Waals surface area (Å²) in [5.41, 5.74) is 0. The molecule has 2 rings (SSSR count). The summed E-state index contributed by atoms with van der Waals surface area (Å²) in [5.74, 6) is 0.529. The number of hydrogen-bond acceptors (Lipinski definition) is 3. The largest absolute Gasteiger partial charge is 0.393 e. The normalized spacial score (nSPS) is 33.4. The van der Waals surface area contributed by atoms with Crippen LogP contribution in [0.25, 0.3) is 0 Å². The Labute approximate surface area is 110 Å². The lowest BCUT2D eigenvalue weighted by Gasteiger charge is -2.35. The molecule has 0 aromatic carbocycles. The predicted molar refractivity (Wildman–Crippen MR) is 71.2 cm³/mol. The van der Waals surface area contributed by atoms with E-state index in [-0.39, 0.29) is 18.1 Å². The SMILES string of the molecule is CC(C)NC1CCCN(CC2CCCC2O)C1=O. The average Bonchev–Trinajstić information content (AvgIpc) is 2.70. The Morgan fingerprint density at radius 2 is 2.11 bits per heavy atom. The average molecular weight is 254 g/mol. The quantitative estimate of drug-likeness (QED) is 0.791. The zero-order valence-electron chi connectivity index (χ0n) is 11.6. The van der Waals surface area contributed by atoms with Crippen LogP contribution in [0.1, 0.15) is 46.0 Å². The van der Waals surface area contributed by atoms with Gasteiger partial charge >= 0.3 is 0 Å². The molecule has 1 heterocycles. The number of carbonyl (C=O) groups is 1. The zero-order valence-corrected chi connectivity index (χ0v) is 11.6. The molecular weight excluding hydrogens is 228 g/mol. The summed E-state index contributed by atoms with van der Waals surface area (Å²) >= 11 is 0. The van der Waals surface area contributed by atoms with E-state index in [1.165, 1.54) is 0 Å². The molecule has 2 aliphatic rings. The van der Waals surface area contributed by atoms with Crippen molar-refractivity contribution in [2.75, 3.05) is 13.1 Å². The number of carbonyl (C=O) groups excluding carboxylic acids is 1. The smallest absolute Gasteiger partial charge is 0.239 e. The van der Waals surface area contributed by atoms with Crippen LogP contribution in [0.4, 0.5) is 0 Å². The molecular formula is C14H26N2O2. The van der Waals surface area contributed by atoms with Crippen LogP contribution < -0.4 is 5.32 Å². The number of nitrogens with one attached hydrogen (secondary N) is 1. The van der Waals surface area contributed by atoms with E-state index in [9.17, 15) is 9.90 Å². The first-order valence-corrected chi connectivity index (χ1v) is 7.31. The zero-order chi connectivity index (χ0) is 13.1. The third kappa shape index (κ3) is 3.23. The van der Waals surface area contributed by atoms with Crippen molar-refractivity contribution in [3.63, 3.8) is 0 Å². The molecule has 1 saturated carbocycles. The molecule has 2 N–H and O–H groups in total. The third-order valence-corrected chi connectivity index (χ3v) is 4.14. The fraction of sp³-hybridized carbons (Fsp3) is 0.929. The number of aliphatic hydroxyl groups is 1. The second-order valence-electron chi connectivity index (χ2n) is 6.06. The first kappa shape index (κ1) is 13.8. The Balaban J connectivity index is 1.89. The number of nitrogens with zero attached hydrogens (tertiary/aromatic N) is 1. The third-order valence-electron chi connectivity index (χ3n) is 4.14. The van der Waals surface area contributed by atoms with Crippen LogP contribution in [0.15, 0.2) is 0 Å². The van der Waals surface area contributed by atoms with Crippen molar-refractivity contribution in [2.45, 2.75) is 64.1 Å². The van der Waals surface area contributed by atoms with Crippen LogP contribution in [0.5, 0.6) is 0 Å². The summed E-state index contributed by atoms with van der Waals surface area (Å²) in [4.78, 5) is 14.3. The van der Waals surface area contributed by atoms with Gasteiger partial charge in [-0.15, -0.1) is 0 Å². The van der Waals surface area contributed by atoms with Gasteiger partial charge in [0.25, 0.3) is 0 Å². The number of aliphatic hydroxyl groups excluding tert-OH is 1. The number of rotatable bonds is 4. The molecule has 0 aromatic heterocycles. The lowest BCUT2D eigenvalue weighted by molar-refractivity contribution is -0.137. The Bertz CT molecular complexity index is 294. The van der Waals surface area contributed by atoms with Crippen molar-refractivity contribution in [1.29, 1.82) is 0 Å². The van der Waals surface area contributed by atoms with E-state index >= 15 is 0 Å². The number of likely N-dealkylation sites (tertiary alicyclic amines) is 1. The van der Waals surface area contributed by atoms with Gasteiger partial charge in [0, 0.05) is 25.0 Å². The molecule has 4 heteroatoms. The van der Waals surface area contributed by atoms with Gasteiger partial charge in [0.1, 0.15) is 0 Å². The molecule has 18 heavy (non-hydrogen) atoms. The molecule has 0 spiro atoms. The summed E-state index contributed by atoms with van der Waals surface area (Å²) in [7, 11) is 0. The van der Waals surface area contributed by atoms with Gasteiger partial charge in [0.15, 0.2) is 0 Å². The monoisotopic (exact) mass is 254 g/mol. The van der Waals surface area contributed by atoms with E-state index < -0.39 is 0 Å². The molecule has 1 aliphatic heterocycles. The molecule has 0 radical (unpaired) electrons. The minimum absolute atomic E-state index is 0.0164. The molecule has 2 fully saturated rings. The summed E-state index contributed by atoms with van der Waals surface area (Å²) in [6.07, 6.45) is 4.88. The molecule has 1 aliphatic carbocycles. The van der Waals surface area contributed by atoms with E-state index in [0.717, 1.165) is 45.2 Å². The van der Waals surface area contributed by atoms with E-state index in [1.54, 1.807) is 0 Å². The summed E-state index contributed by atoms with van der Waals surface area (Å²) < 4.78 is 0. The maximum absolute atomic E-state index is 12.3. The molecule has 1 amide bonds. The highest BCUT2D eigenvalue weighted by molar-refractivity contribution is 5.82. The molecule has 3 atom stereocenters. The molecule has 0 aromatic rings. The topological polar surface area (TPSA) is 52.6 Å². The fourth-order valence-corrected chi connectivity index (χ4v) is 3.19. The minimum Gasteiger partial charge on any atom is -0.393 e. The molecule has 104 valence electrons. The van der Waals surface area contributed by atoms with Crippen molar-refractivity contribution in [3.05, 3.63) is 0 Å². The van der Waals surface area contributed by atoms with Crippen LogP contribution >= 0.6 is 0 Å². The summed E-state index contributed by atoms with van der Waals surface area (Å²) in [6, 6.07) is 0.327. The lowest BCUT2D eigenvalue weighted by Crippen LogP contribution is -2.53. The Kier molecular flexibility index (Phi) is 4.62. The number of hydrogen-bond donors (Lipinski definition) is 2. The van der Waals surface area contributed by atoms with Gasteiger partial charge in [-0.2, -0.15) is 0 Å². The molecule has 4 nitrogen and oxygen atoms in total. The fourth-order valence-electron chi connectivity index (χ4n) is 3.19. The minimum atomic E-state index is -0.198. The number of amides is 1. The van der Waals surface area contributed by atoms with Gasteiger partial charge in [0.05, 0.1) is 12.1 Å². The van der Waals surface area contributed by atoms with Gasteiger partial charge in [-0.25, -0.2) is 0 Å².